The summed E-state index contributed by atoms with van der Waals surface area (Å²) in [6, 6.07) is 3.83. The van der Waals surface area contributed by atoms with E-state index in [4.69, 9.17) is 13.8 Å². The van der Waals surface area contributed by atoms with Gasteiger partial charge in [-0.1, -0.05) is 24.2 Å². The van der Waals surface area contributed by atoms with Crippen LogP contribution in [0.3, 0.4) is 0 Å². The van der Waals surface area contributed by atoms with Gasteiger partial charge in [0.05, 0.1) is 16.8 Å². The van der Waals surface area contributed by atoms with Crippen LogP contribution in [0.1, 0.15) is 75.1 Å². The first kappa shape index (κ1) is 22.8. The Kier molecular flexibility index (Phi) is 5.21. The van der Waals surface area contributed by atoms with Gasteiger partial charge in [-0.25, -0.2) is 0 Å². The van der Waals surface area contributed by atoms with Crippen molar-refractivity contribution in [1.29, 1.82) is 0 Å². The molecule has 1 aromatic heterocycles. The highest BCUT2D eigenvalue weighted by molar-refractivity contribution is 6.62. The van der Waals surface area contributed by atoms with Crippen molar-refractivity contribution < 1.29 is 31.8 Å². The van der Waals surface area contributed by atoms with E-state index < -0.39 is 36.0 Å². The number of alkyl halides is 3. The third-order valence-corrected chi connectivity index (χ3v) is 6.55. The highest BCUT2D eigenvalue weighted by Gasteiger charge is 2.52. The molecule has 172 valence electrons. The first-order chi connectivity index (χ1) is 14.7. The van der Waals surface area contributed by atoms with Gasteiger partial charge in [0, 0.05) is 12.0 Å². The summed E-state index contributed by atoms with van der Waals surface area (Å²) in [6.07, 6.45) is -2.85. The summed E-state index contributed by atoms with van der Waals surface area (Å²) in [7, 11) is -0.925. The van der Waals surface area contributed by atoms with Crippen LogP contribution < -0.4 is 10.8 Å². The molecule has 0 atom stereocenters. The molecule has 1 aromatic carbocycles. The highest BCUT2D eigenvalue weighted by atomic mass is 19.4. The van der Waals surface area contributed by atoms with E-state index >= 15 is 0 Å². The number of hydrogen-bond acceptors (Lipinski definition) is 6. The minimum atomic E-state index is -4.63. The van der Waals surface area contributed by atoms with Gasteiger partial charge in [0.1, 0.15) is 0 Å². The van der Waals surface area contributed by atoms with E-state index in [1.807, 2.05) is 34.6 Å². The number of nitrogens with one attached hydrogen (secondary N) is 1. The normalized spacial score (nSPS) is 20.9. The van der Waals surface area contributed by atoms with Crippen molar-refractivity contribution in [3.8, 4) is 0 Å². The molecule has 1 saturated carbocycles. The first-order valence-corrected chi connectivity index (χ1v) is 10.4. The lowest BCUT2D eigenvalue weighted by Gasteiger charge is -2.32. The van der Waals surface area contributed by atoms with Gasteiger partial charge in [-0.2, -0.15) is 18.2 Å². The molecular weight excluding hydrogens is 426 g/mol. The van der Waals surface area contributed by atoms with Crippen molar-refractivity contribution in [3.05, 3.63) is 41.0 Å². The molecule has 2 aromatic rings. The first-order valence-electron chi connectivity index (χ1n) is 10.4. The predicted octanol–water partition coefficient (Wildman–Crippen LogP) is 3.37. The Balaban J connectivity index is 1.51. The van der Waals surface area contributed by atoms with E-state index in [1.165, 1.54) is 12.1 Å². The van der Waals surface area contributed by atoms with Crippen LogP contribution >= 0.6 is 0 Å². The van der Waals surface area contributed by atoms with E-state index in [2.05, 4.69) is 15.5 Å². The summed E-state index contributed by atoms with van der Waals surface area (Å²) in [5, 5.41) is 6.09. The average molecular weight is 451 g/mol. The largest absolute Gasteiger partial charge is 0.494 e. The van der Waals surface area contributed by atoms with Crippen molar-refractivity contribution in [2.75, 3.05) is 0 Å². The molecular formula is C21H25BF3N3O4. The van der Waals surface area contributed by atoms with Crippen LogP contribution in [0.4, 0.5) is 13.2 Å². The quantitative estimate of drug-likeness (QED) is 0.702. The van der Waals surface area contributed by atoms with Crippen LogP contribution in [-0.4, -0.2) is 34.4 Å². The van der Waals surface area contributed by atoms with Crippen molar-refractivity contribution in [3.63, 3.8) is 0 Å². The SMILES string of the molecule is CC1(c2nc(C(=O)NCc3ccc(B4OC(C)(C)C(C)(C)O4)cc3C(F)(F)F)no2)CC1. The van der Waals surface area contributed by atoms with Gasteiger partial charge in [0.25, 0.3) is 11.7 Å². The van der Waals surface area contributed by atoms with Crippen molar-refractivity contribution in [2.45, 2.75) is 76.8 Å². The molecule has 2 aliphatic rings. The molecule has 2 heterocycles. The number of nitrogens with zero attached hydrogens (tertiary/aromatic N) is 2. The number of benzene rings is 1. The number of carbonyl (C=O) groups excluding carboxylic acids is 1. The van der Waals surface area contributed by atoms with Gasteiger partial charge < -0.3 is 19.1 Å². The van der Waals surface area contributed by atoms with Crippen molar-refractivity contribution in [1.82, 2.24) is 15.5 Å². The van der Waals surface area contributed by atoms with E-state index in [9.17, 15) is 18.0 Å². The zero-order valence-corrected chi connectivity index (χ0v) is 18.6. The fraction of sp³-hybridized carbons (Fsp3) is 0.571. The van der Waals surface area contributed by atoms with Gasteiger partial charge >= 0.3 is 13.3 Å². The van der Waals surface area contributed by atoms with Gasteiger partial charge in [-0.15, -0.1) is 0 Å². The molecule has 4 rings (SSSR count). The van der Waals surface area contributed by atoms with E-state index in [-0.39, 0.29) is 28.8 Å². The predicted molar refractivity (Wildman–Crippen MR) is 109 cm³/mol. The summed E-state index contributed by atoms with van der Waals surface area (Å²) < 4.78 is 58.2. The molecule has 1 saturated heterocycles. The highest BCUT2D eigenvalue weighted by Crippen LogP contribution is 2.46. The molecule has 32 heavy (non-hydrogen) atoms. The Morgan fingerprint density at radius 1 is 1.12 bits per heavy atom. The fourth-order valence-corrected chi connectivity index (χ4v) is 3.35. The van der Waals surface area contributed by atoms with Gasteiger partial charge in [0.2, 0.25) is 5.89 Å². The molecule has 2 fully saturated rings. The van der Waals surface area contributed by atoms with Crippen LogP contribution in [0.2, 0.25) is 0 Å². The topological polar surface area (TPSA) is 86.5 Å². The second-order valence-corrected chi connectivity index (χ2v) is 9.67. The number of rotatable bonds is 5. The third kappa shape index (κ3) is 4.15. The Morgan fingerprint density at radius 3 is 2.31 bits per heavy atom. The third-order valence-electron chi connectivity index (χ3n) is 6.55. The molecule has 0 bridgehead atoms. The lowest BCUT2D eigenvalue weighted by molar-refractivity contribution is -0.138. The lowest BCUT2D eigenvalue weighted by atomic mass is 9.77. The minimum absolute atomic E-state index is 0.0935. The fourth-order valence-electron chi connectivity index (χ4n) is 3.35. The molecule has 0 radical (unpaired) electrons. The van der Waals surface area contributed by atoms with Crippen LogP contribution in [0, 0.1) is 0 Å². The molecule has 0 spiro atoms. The van der Waals surface area contributed by atoms with Crippen LogP contribution in [0.5, 0.6) is 0 Å². The maximum absolute atomic E-state index is 13.8. The summed E-state index contributed by atoms with van der Waals surface area (Å²) in [4.78, 5) is 16.4. The summed E-state index contributed by atoms with van der Waals surface area (Å²) in [5.41, 5.74) is -2.27. The summed E-state index contributed by atoms with van der Waals surface area (Å²) in [6.45, 7) is 8.91. The Hall–Kier alpha value is -2.40. The number of aromatic nitrogens is 2. The monoisotopic (exact) mass is 451 g/mol. The molecule has 1 aliphatic heterocycles. The summed E-state index contributed by atoms with van der Waals surface area (Å²) >= 11 is 0. The molecule has 1 aliphatic carbocycles. The maximum Gasteiger partial charge on any atom is 0.494 e. The Labute approximate surface area is 184 Å². The number of hydrogen-bond donors (Lipinski definition) is 1. The molecule has 7 nitrogen and oxygen atoms in total. The van der Waals surface area contributed by atoms with Gasteiger partial charge in [-0.05, 0) is 57.6 Å². The standard InChI is InChI=1S/C21H25BF3N3O4/c1-18(2)19(3,4)32-22(31-18)13-7-6-12(14(10-13)21(23,24)25)11-26-16(29)15-27-17(30-28-15)20(5)8-9-20/h6-7,10H,8-9,11H2,1-5H3,(H,26,29). The Bertz CT molecular complexity index is 1030. The lowest BCUT2D eigenvalue weighted by Crippen LogP contribution is -2.41. The van der Waals surface area contributed by atoms with Crippen LogP contribution in [-0.2, 0) is 27.4 Å². The second-order valence-electron chi connectivity index (χ2n) is 9.67. The zero-order chi connectivity index (χ0) is 23.5. The van der Waals surface area contributed by atoms with E-state index in [0.29, 0.717) is 5.89 Å². The second kappa shape index (κ2) is 7.31. The zero-order valence-electron chi connectivity index (χ0n) is 18.6. The number of amides is 1. The average Bonchev–Trinajstić information content (AvgIpc) is 3.15. The number of halogens is 3. The smallest absolute Gasteiger partial charge is 0.399 e. The van der Waals surface area contributed by atoms with E-state index in [0.717, 1.165) is 18.9 Å². The van der Waals surface area contributed by atoms with Crippen LogP contribution in [0.15, 0.2) is 22.7 Å². The molecule has 0 unspecified atom stereocenters. The molecule has 11 heteroatoms. The van der Waals surface area contributed by atoms with Crippen LogP contribution in [0.25, 0.3) is 0 Å². The van der Waals surface area contributed by atoms with E-state index in [1.54, 1.807) is 0 Å². The van der Waals surface area contributed by atoms with Crippen molar-refractivity contribution in [2.24, 2.45) is 0 Å². The van der Waals surface area contributed by atoms with Crippen molar-refractivity contribution >= 4 is 18.5 Å². The summed E-state index contributed by atoms with van der Waals surface area (Å²) in [5.74, 6) is -0.534. The maximum atomic E-state index is 13.8. The molecule has 1 N–H and O–H groups in total. The minimum Gasteiger partial charge on any atom is -0.399 e. The van der Waals surface area contributed by atoms with Gasteiger partial charge in [0.15, 0.2) is 0 Å². The molecule has 1 amide bonds. The Morgan fingerprint density at radius 2 is 1.75 bits per heavy atom. The number of carbonyl (C=O) groups is 1. The van der Waals surface area contributed by atoms with Gasteiger partial charge in [-0.3, -0.25) is 4.79 Å².